The summed E-state index contributed by atoms with van der Waals surface area (Å²) in [5, 5.41) is 14.0. The van der Waals surface area contributed by atoms with E-state index in [-0.39, 0.29) is 23.0 Å². The van der Waals surface area contributed by atoms with Crippen molar-refractivity contribution in [1.82, 2.24) is 5.32 Å². The van der Waals surface area contributed by atoms with E-state index in [1.165, 1.54) is 24.3 Å². The number of nitrogens with one attached hydrogen (secondary N) is 1. The average Bonchev–Trinajstić information content (AvgIpc) is 2.52. The fraction of sp³-hybridized carbons (Fsp3) is 0.429. The first kappa shape index (κ1) is 21.1. The number of phenolic OH excluding ortho intramolecular Hbond substituents is 1. The summed E-state index contributed by atoms with van der Waals surface area (Å²) >= 11 is 0. The Bertz CT molecular complexity index is 776. The molecular formula is C21H26F3NO2. The van der Waals surface area contributed by atoms with E-state index in [1.54, 1.807) is 0 Å². The van der Waals surface area contributed by atoms with Crippen molar-refractivity contribution in [2.45, 2.75) is 59.0 Å². The number of hydrogen-bond acceptors (Lipinski definition) is 3. The molecule has 6 heteroatoms. The van der Waals surface area contributed by atoms with Gasteiger partial charge in [-0.15, -0.1) is 13.2 Å². The van der Waals surface area contributed by atoms with Crippen LogP contribution in [0.4, 0.5) is 13.2 Å². The average molecular weight is 381 g/mol. The van der Waals surface area contributed by atoms with E-state index < -0.39 is 6.36 Å². The molecule has 2 aromatic rings. The minimum absolute atomic E-state index is 0.126. The molecule has 27 heavy (non-hydrogen) atoms. The van der Waals surface area contributed by atoms with Crippen molar-refractivity contribution in [3.05, 3.63) is 47.5 Å². The van der Waals surface area contributed by atoms with Crippen LogP contribution < -0.4 is 10.1 Å². The molecule has 0 aromatic heterocycles. The lowest BCUT2D eigenvalue weighted by atomic mass is 9.83. The minimum atomic E-state index is -4.73. The zero-order valence-corrected chi connectivity index (χ0v) is 16.2. The summed E-state index contributed by atoms with van der Waals surface area (Å²) in [6.45, 7) is 10.8. The molecule has 0 saturated heterocycles. The Kier molecular flexibility index (Phi) is 6.10. The van der Waals surface area contributed by atoms with Gasteiger partial charge in [0, 0.05) is 23.7 Å². The van der Waals surface area contributed by atoms with Gasteiger partial charge < -0.3 is 15.2 Å². The number of rotatable bonds is 5. The second kappa shape index (κ2) is 7.80. The highest BCUT2D eigenvalue weighted by molar-refractivity contribution is 5.73. The van der Waals surface area contributed by atoms with Crippen molar-refractivity contribution in [3.63, 3.8) is 0 Å². The normalized spacial score (nSPS) is 12.5. The third kappa shape index (κ3) is 5.89. The third-order valence-corrected chi connectivity index (χ3v) is 4.15. The highest BCUT2D eigenvalue weighted by atomic mass is 19.4. The molecule has 2 aromatic carbocycles. The zero-order chi connectivity index (χ0) is 20.4. The first-order valence-electron chi connectivity index (χ1n) is 8.83. The van der Waals surface area contributed by atoms with Crippen LogP contribution in [0.1, 0.15) is 45.7 Å². The molecule has 0 aliphatic rings. The van der Waals surface area contributed by atoms with Gasteiger partial charge in [0.2, 0.25) is 0 Å². The summed E-state index contributed by atoms with van der Waals surface area (Å²) in [5.74, 6) is -0.167. The Morgan fingerprint density at radius 3 is 2.11 bits per heavy atom. The maximum absolute atomic E-state index is 12.3. The van der Waals surface area contributed by atoms with Gasteiger partial charge in [-0.2, -0.15) is 0 Å². The lowest BCUT2D eigenvalue weighted by Gasteiger charge is -2.23. The van der Waals surface area contributed by atoms with Gasteiger partial charge >= 0.3 is 6.36 Å². The highest BCUT2D eigenvalue weighted by Crippen LogP contribution is 2.38. The zero-order valence-electron chi connectivity index (χ0n) is 16.2. The molecule has 0 amide bonds. The van der Waals surface area contributed by atoms with Crippen molar-refractivity contribution in [1.29, 1.82) is 0 Å². The molecule has 0 saturated carbocycles. The van der Waals surface area contributed by atoms with E-state index in [9.17, 15) is 18.3 Å². The molecule has 148 valence electrons. The Balaban J connectivity index is 2.46. The van der Waals surface area contributed by atoms with Crippen LogP contribution in [0, 0.1) is 0 Å². The van der Waals surface area contributed by atoms with Crippen molar-refractivity contribution < 1.29 is 23.0 Å². The smallest absolute Gasteiger partial charge is 0.507 e. The Morgan fingerprint density at radius 2 is 1.63 bits per heavy atom. The Hall–Kier alpha value is -2.21. The molecule has 0 unspecified atom stereocenters. The lowest BCUT2D eigenvalue weighted by Crippen LogP contribution is -2.22. The fourth-order valence-electron chi connectivity index (χ4n) is 2.63. The Morgan fingerprint density at radius 1 is 1.04 bits per heavy atom. The summed E-state index contributed by atoms with van der Waals surface area (Å²) in [6.07, 6.45) is -4.73. The van der Waals surface area contributed by atoms with E-state index in [2.05, 4.69) is 30.8 Å². The molecule has 2 N–H and O–H groups in total. The lowest BCUT2D eigenvalue weighted by molar-refractivity contribution is -0.274. The minimum Gasteiger partial charge on any atom is -0.507 e. The molecule has 0 atom stereocenters. The quantitative estimate of drug-likeness (QED) is 0.693. The van der Waals surface area contributed by atoms with Gasteiger partial charge in [-0.25, -0.2) is 0 Å². The van der Waals surface area contributed by atoms with Gasteiger partial charge in [0.05, 0.1) is 0 Å². The SMILES string of the molecule is CC(C)NCc1cc(C(C)(C)C)cc(-c2ccc(OC(F)(F)F)cc2)c1O. The van der Waals surface area contributed by atoms with Crippen LogP contribution in [0.25, 0.3) is 11.1 Å². The summed E-state index contributed by atoms with van der Waals surface area (Å²) < 4.78 is 41.0. The van der Waals surface area contributed by atoms with Crippen LogP contribution >= 0.6 is 0 Å². The number of benzene rings is 2. The van der Waals surface area contributed by atoms with Crippen molar-refractivity contribution >= 4 is 0 Å². The summed E-state index contributed by atoms with van der Waals surface area (Å²) in [7, 11) is 0. The first-order chi connectivity index (χ1) is 12.4. The molecule has 0 heterocycles. The predicted molar refractivity (Wildman–Crippen MR) is 101 cm³/mol. The topological polar surface area (TPSA) is 41.5 Å². The van der Waals surface area contributed by atoms with Crippen LogP contribution in [0.2, 0.25) is 0 Å². The van der Waals surface area contributed by atoms with Gasteiger partial charge in [-0.05, 0) is 34.7 Å². The van der Waals surface area contributed by atoms with Crippen molar-refractivity contribution in [2.75, 3.05) is 0 Å². The monoisotopic (exact) mass is 381 g/mol. The van der Waals surface area contributed by atoms with E-state index in [1.807, 2.05) is 26.0 Å². The summed E-state index contributed by atoms with van der Waals surface area (Å²) in [4.78, 5) is 0. The van der Waals surface area contributed by atoms with Gasteiger partial charge in [0.15, 0.2) is 0 Å². The maximum atomic E-state index is 12.3. The molecule has 0 aliphatic heterocycles. The molecule has 3 nitrogen and oxygen atoms in total. The summed E-state index contributed by atoms with van der Waals surface area (Å²) in [6, 6.07) is 9.63. The Labute approximate surface area is 158 Å². The molecule has 0 radical (unpaired) electrons. The molecular weight excluding hydrogens is 355 g/mol. The van der Waals surface area contributed by atoms with Gasteiger partial charge in [-0.3, -0.25) is 0 Å². The van der Waals surface area contributed by atoms with E-state index in [0.29, 0.717) is 17.7 Å². The van der Waals surface area contributed by atoms with E-state index in [0.717, 1.165) is 11.1 Å². The van der Waals surface area contributed by atoms with Crippen LogP contribution in [-0.2, 0) is 12.0 Å². The first-order valence-corrected chi connectivity index (χ1v) is 8.83. The highest BCUT2D eigenvalue weighted by Gasteiger charge is 2.31. The van der Waals surface area contributed by atoms with Gasteiger partial charge in [-0.1, -0.05) is 52.8 Å². The van der Waals surface area contributed by atoms with Gasteiger partial charge in [0.25, 0.3) is 0 Å². The fourth-order valence-corrected chi connectivity index (χ4v) is 2.63. The second-order valence-corrected chi connectivity index (χ2v) is 7.89. The molecule has 2 rings (SSSR count). The predicted octanol–water partition coefficient (Wildman–Crippen LogP) is 5.75. The molecule has 0 fully saturated rings. The van der Waals surface area contributed by atoms with Crippen LogP contribution in [0.5, 0.6) is 11.5 Å². The number of aromatic hydroxyl groups is 1. The van der Waals surface area contributed by atoms with Crippen molar-refractivity contribution in [2.24, 2.45) is 0 Å². The van der Waals surface area contributed by atoms with Crippen molar-refractivity contribution in [3.8, 4) is 22.6 Å². The molecule has 0 aliphatic carbocycles. The number of ether oxygens (including phenoxy) is 1. The largest absolute Gasteiger partial charge is 0.573 e. The molecule has 0 bridgehead atoms. The standard InChI is InChI=1S/C21H26F3NO2/c1-13(2)25-12-15-10-16(20(3,4)5)11-18(19(15)26)14-6-8-17(9-7-14)27-21(22,23)24/h6-11,13,25-26H,12H2,1-5H3. The summed E-state index contributed by atoms with van der Waals surface area (Å²) in [5.41, 5.74) is 2.85. The van der Waals surface area contributed by atoms with Crippen LogP contribution in [0.3, 0.4) is 0 Å². The number of hydrogen-bond donors (Lipinski definition) is 2. The second-order valence-electron chi connectivity index (χ2n) is 7.89. The maximum Gasteiger partial charge on any atom is 0.573 e. The third-order valence-electron chi connectivity index (χ3n) is 4.15. The number of phenols is 1. The van der Waals surface area contributed by atoms with E-state index >= 15 is 0 Å². The van der Waals surface area contributed by atoms with Crippen LogP contribution in [-0.4, -0.2) is 17.5 Å². The number of alkyl halides is 3. The van der Waals surface area contributed by atoms with Gasteiger partial charge in [0.1, 0.15) is 11.5 Å². The molecule has 0 spiro atoms. The number of halogens is 3. The van der Waals surface area contributed by atoms with Crippen LogP contribution in [0.15, 0.2) is 36.4 Å². The van der Waals surface area contributed by atoms with E-state index in [4.69, 9.17) is 0 Å².